The largest absolute Gasteiger partial charge is 0.206 e. The second-order valence-corrected chi connectivity index (χ2v) is 8.34. The van der Waals surface area contributed by atoms with E-state index in [1.807, 2.05) is 12.1 Å². The zero-order valence-corrected chi connectivity index (χ0v) is 17.0. The molecule has 0 amide bonds. The maximum absolute atomic E-state index is 15.2. The quantitative estimate of drug-likeness (QED) is 0.432. The Labute approximate surface area is 175 Å². The standard InChI is InChI=1S/C26H24F3N/c1-2-3-16-4-6-17(7-5-16)18-8-10-21-19(12-18)9-11-22(26(21)29)20-13-24(27)23(15-30)25(28)14-20/h8-14,16-17H,2-7H2,1H3. The Morgan fingerprint density at radius 3 is 2.27 bits per heavy atom. The zero-order valence-electron chi connectivity index (χ0n) is 17.0. The van der Waals surface area contributed by atoms with E-state index < -0.39 is 23.0 Å². The maximum Gasteiger partial charge on any atom is 0.144 e. The van der Waals surface area contributed by atoms with Crippen molar-refractivity contribution in [3.63, 3.8) is 0 Å². The molecule has 1 aliphatic carbocycles. The molecule has 0 atom stereocenters. The number of fused-ring (bicyclic) bond motifs is 1. The zero-order chi connectivity index (χ0) is 21.3. The van der Waals surface area contributed by atoms with Gasteiger partial charge in [-0.15, -0.1) is 0 Å². The number of hydrogen-bond acceptors (Lipinski definition) is 1. The Balaban J connectivity index is 1.65. The normalized spacial score (nSPS) is 19.0. The second-order valence-electron chi connectivity index (χ2n) is 8.34. The summed E-state index contributed by atoms with van der Waals surface area (Å²) in [6, 6.07) is 12.7. The van der Waals surface area contributed by atoms with E-state index in [0.29, 0.717) is 11.3 Å². The molecule has 4 rings (SSSR count). The van der Waals surface area contributed by atoms with Crippen molar-refractivity contribution >= 4 is 10.8 Å². The van der Waals surface area contributed by atoms with Crippen LogP contribution in [-0.2, 0) is 0 Å². The van der Waals surface area contributed by atoms with Crippen LogP contribution in [0.15, 0.2) is 42.5 Å². The molecule has 0 radical (unpaired) electrons. The van der Waals surface area contributed by atoms with Crippen molar-refractivity contribution < 1.29 is 13.2 Å². The summed E-state index contributed by atoms with van der Waals surface area (Å²) in [6.07, 6.45) is 7.37. The van der Waals surface area contributed by atoms with E-state index in [4.69, 9.17) is 5.26 Å². The molecule has 0 unspecified atom stereocenters. The third-order valence-corrected chi connectivity index (χ3v) is 6.46. The highest BCUT2D eigenvalue weighted by molar-refractivity contribution is 5.89. The number of halogens is 3. The van der Waals surface area contributed by atoms with Gasteiger partial charge in [-0.3, -0.25) is 0 Å². The highest BCUT2D eigenvalue weighted by Gasteiger charge is 2.22. The number of nitriles is 1. The third-order valence-electron chi connectivity index (χ3n) is 6.46. The summed E-state index contributed by atoms with van der Waals surface area (Å²) in [6.45, 7) is 2.23. The van der Waals surface area contributed by atoms with Crippen molar-refractivity contribution in [3.8, 4) is 17.2 Å². The Bertz CT molecular complexity index is 1100. The summed E-state index contributed by atoms with van der Waals surface area (Å²) >= 11 is 0. The van der Waals surface area contributed by atoms with Crippen LogP contribution in [0.5, 0.6) is 0 Å². The minimum atomic E-state index is -0.985. The second kappa shape index (κ2) is 8.52. The molecule has 0 N–H and O–H groups in total. The van der Waals surface area contributed by atoms with Crippen LogP contribution in [0.1, 0.15) is 62.5 Å². The van der Waals surface area contributed by atoms with Gasteiger partial charge < -0.3 is 0 Å². The van der Waals surface area contributed by atoms with E-state index in [1.54, 1.807) is 18.2 Å². The first-order valence-electron chi connectivity index (χ1n) is 10.6. The highest BCUT2D eigenvalue weighted by atomic mass is 19.1. The molecule has 0 aromatic heterocycles. The van der Waals surface area contributed by atoms with E-state index in [-0.39, 0.29) is 11.1 Å². The molecule has 4 heteroatoms. The van der Waals surface area contributed by atoms with Crippen LogP contribution in [-0.4, -0.2) is 0 Å². The minimum absolute atomic E-state index is 0.0849. The van der Waals surface area contributed by atoms with Crippen molar-refractivity contribution in [3.05, 3.63) is 71.0 Å². The molecule has 0 spiro atoms. The Morgan fingerprint density at radius 1 is 0.933 bits per heavy atom. The van der Waals surface area contributed by atoms with Crippen molar-refractivity contribution in [2.24, 2.45) is 5.92 Å². The summed E-state index contributed by atoms with van der Waals surface area (Å²) in [5.74, 6) is -1.14. The van der Waals surface area contributed by atoms with Crippen LogP contribution in [0.25, 0.3) is 21.9 Å². The van der Waals surface area contributed by atoms with Gasteiger partial charge in [0.05, 0.1) is 0 Å². The van der Waals surface area contributed by atoms with E-state index in [2.05, 4.69) is 6.92 Å². The predicted molar refractivity (Wildman–Crippen MR) is 114 cm³/mol. The molecule has 1 saturated carbocycles. The molecule has 3 aromatic rings. The Kier molecular flexibility index (Phi) is 5.81. The number of hydrogen-bond donors (Lipinski definition) is 0. The Morgan fingerprint density at radius 2 is 1.63 bits per heavy atom. The summed E-state index contributed by atoms with van der Waals surface area (Å²) < 4.78 is 43.2. The molecule has 0 heterocycles. The SMILES string of the molecule is CCCC1CCC(c2ccc3c(F)c(-c4cc(F)c(C#N)c(F)c4)ccc3c2)CC1. The lowest BCUT2D eigenvalue weighted by atomic mass is 9.77. The monoisotopic (exact) mass is 407 g/mol. The van der Waals surface area contributed by atoms with Crippen LogP contribution >= 0.6 is 0 Å². The molecule has 154 valence electrons. The van der Waals surface area contributed by atoms with Gasteiger partial charge in [0.2, 0.25) is 0 Å². The summed E-state index contributed by atoms with van der Waals surface area (Å²) in [5, 5.41) is 10.0. The summed E-state index contributed by atoms with van der Waals surface area (Å²) in [4.78, 5) is 0. The topological polar surface area (TPSA) is 23.8 Å². The van der Waals surface area contributed by atoms with Gasteiger partial charge in [-0.1, -0.05) is 50.1 Å². The van der Waals surface area contributed by atoms with Gasteiger partial charge in [-0.25, -0.2) is 13.2 Å². The highest BCUT2D eigenvalue weighted by Crippen LogP contribution is 2.39. The van der Waals surface area contributed by atoms with E-state index in [0.717, 1.165) is 23.4 Å². The summed E-state index contributed by atoms with van der Waals surface area (Å²) in [7, 11) is 0. The minimum Gasteiger partial charge on any atom is -0.206 e. The summed E-state index contributed by atoms with van der Waals surface area (Å²) in [5.41, 5.74) is 0.789. The molecule has 1 aliphatic rings. The molecule has 1 nitrogen and oxygen atoms in total. The molecule has 30 heavy (non-hydrogen) atoms. The van der Waals surface area contributed by atoms with Crippen LogP contribution < -0.4 is 0 Å². The molecular formula is C26H24F3N. The van der Waals surface area contributed by atoms with Crippen molar-refractivity contribution in [1.82, 2.24) is 0 Å². The molecular weight excluding hydrogens is 383 g/mol. The van der Waals surface area contributed by atoms with Crippen molar-refractivity contribution in [2.75, 3.05) is 0 Å². The van der Waals surface area contributed by atoms with E-state index in [1.165, 1.54) is 50.2 Å². The van der Waals surface area contributed by atoms with Gasteiger partial charge in [0.15, 0.2) is 0 Å². The fourth-order valence-corrected chi connectivity index (χ4v) is 4.82. The third kappa shape index (κ3) is 3.81. The van der Waals surface area contributed by atoms with E-state index in [9.17, 15) is 8.78 Å². The van der Waals surface area contributed by atoms with E-state index >= 15 is 4.39 Å². The smallest absolute Gasteiger partial charge is 0.144 e. The molecule has 0 bridgehead atoms. The van der Waals surface area contributed by atoms with Gasteiger partial charge in [0, 0.05) is 10.9 Å². The van der Waals surface area contributed by atoms with Crippen LogP contribution in [0.4, 0.5) is 13.2 Å². The predicted octanol–water partition coefficient (Wildman–Crippen LogP) is 7.87. The lowest BCUT2D eigenvalue weighted by molar-refractivity contribution is 0.308. The molecule has 0 aliphatic heterocycles. The van der Waals surface area contributed by atoms with Crippen LogP contribution in [0, 0.1) is 34.7 Å². The van der Waals surface area contributed by atoms with Gasteiger partial charge in [-0.05, 0) is 66.2 Å². The van der Waals surface area contributed by atoms with Gasteiger partial charge >= 0.3 is 0 Å². The first-order chi connectivity index (χ1) is 14.5. The first-order valence-corrected chi connectivity index (χ1v) is 10.6. The lowest BCUT2D eigenvalue weighted by Crippen LogP contribution is -2.13. The fraction of sp³-hybridized carbons (Fsp3) is 0.346. The number of rotatable bonds is 4. The molecule has 1 fully saturated rings. The van der Waals surface area contributed by atoms with Gasteiger partial charge in [0.25, 0.3) is 0 Å². The number of nitrogens with zero attached hydrogens (tertiary/aromatic N) is 1. The van der Waals surface area contributed by atoms with Crippen LogP contribution in [0.2, 0.25) is 0 Å². The maximum atomic E-state index is 15.2. The van der Waals surface area contributed by atoms with Crippen molar-refractivity contribution in [2.45, 2.75) is 51.4 Å². The first kappa shape index (κ1) is 20.5. The van der Waals surface area contributed by atoms with Crippen LogP contribution in [0.3, 0.4) is 0 Å². The van der Waals surface area contributed by atoms with Crippen molar-refractivity contribution in [1.29, 1.82) is 5.26 Å². The fourth-order valence-electron chi connectivity index (χ4n) is 4.82. The average Bonchev–Trinajstić information content (AvgIpc) is 2.74. The molecule has 0 saturated heterocycles. The average molecular weight is 407 g/mol. The van der Waals surface area contributed by atoms with Gasteiger partial charge in [-0.2, -0.15) is 5.26 Å². The number of benzene rings is 3. The molecule has 3 aromatic carbocycles. The van der Waals surface area contributed by atoms with Gasteiger partial charge in [0.1, 0.15) is 29.1 Å². The lowest BCUT2D eigenvalue weighted by Gasteiger charge is -2.28. The Hall–Kier alpha value is -2.80.